The van der Waals surface area contributed by atoms with Crippen molar-refractivity contribution in [3.63, 3.8) is 0 Å². The molecule has 0 unspecified atom stereocenters. The Hall–Kier alpha value is -2.43. The molecule has 80 valence electrons. The fourth-order valence-electron chi connectivity index (χ4n) is 1.22. The van der Waals surface area contributed by atoms with Crippen LogP contribution in [0.25, 0.3) is 0 Å². The van der Waals surface area contributed by atoms with Gasteiger partial charge in [0.1, 0.15) is 0 Å². The molecule has 0 spiro atoms. The highest BCUT2D eigenvalue weighted by atomic mass is 16.6. The van der Waals surface area contributed by atoms with Gasteiger partial charge in [0.05, 0.1) is 11.1 Å². The second kappa shape index (κ2) is 4.39. The highest BCUT2D eigenvalue weighted by Crippen LogP contribution is 2.10. The third-order valence-electron chi connectivity index (χ3n) is 2.03. The average Bonchev–Trinajstić information content (AvgIpc) is 2.80. The van der Waals surface area contributed by atoms with E-state index >= 15 is 0 Å². The smallest absolute Gasteiger partial charge is 0.258 e. The predicted molar refractivity (Wildman–Crippen MR) is 60.5 cm³/mol. The molecule has 1 aromatic heterocycles. The van der Waals surface area contributed by atoms with Crippen LogP contribution in [0.1, 0.15) is 5.56 Å². The lowest BCUT2D eigenvalue weighted by atomic mass is 10.2. The number of benzene rings is 1. The van der Waals surface area contributed by atoms with Gasteiger partial charge < -0.3 is 0 Å². The van der Waals surface area contributed by atoms with E-state index < -0.39 is 4.92 Å². The predicted octanol–water partition coefficient (Wildman–Crippen LogP) is 2.28. The molecule has 2 aromatic rings. The van der Waals surface area contributed by atoms with Gasteiger partial charge in [-0.25, -0.2) is 4.68 Å². The molecule has 0 amide bonds. The topological polar surface area (TPSA) is 60.4 Å². The maximum atomic E-state index is 10.4. The molecular formula is C11H9N3O2. The van der Waals surface area contributed by atoms with Gasteiger partial charge in [0, 0.05) is 24.5 Å². The van der Waals surface area contributed by atoms with E-state index in [1.807, 2.05) is 24.5 Å². The van der Waals surface area contributed by atoms with Crippen LogP contribution in [0, 0.1) is 10.1 Å². The summed E-state index contributed by atoms with van der Waals surface area (Å²) >= 11 is 0. The van der Waals surface area contributed by atoms with Crippen LogP contribution < -0.4 is 0 Å². The highest BCUT2D eigenvalue weighted by molar-refractivity contribution is 5.79. The second-order valence-electron chi connectivity index (χ2n) is 3.16. The summed E-state index contributed by atoms with van der Waals surface area (Å²) in [5.74, 6) is 0. The summed E-state index contributed by atoms with van der Waals surface area (Å²) in [6.07, 6.45) is 5.26. The number of rotatable bonds is 3. The van der Waals surface area contributed by atoms with E-state index in [9.17, 15) is 10.1 Å². The zero-order valence-corrected chi connectivity index (χ0v) is 8.35. The van der Waals surface area contributed by atoms with Gasteiger partial charge in [0.15, 0.2) is 0 Å². The van der Waals surface area contributed by atoms with Gasteiger partial charge >= 0.3 is 0 Å². The Morgan fingerprint density at radius 1 is 1.19 bits per heavy atom. The molecule has 16 heavy (non-hydrogen) atoms. The van der Waals surface area contributed by atoms with E-state index in [1.165, 1.54) is 12.1 Å². The van der Waals surface area contributed by atoms with Gasteiger partial charge in [0.2, 0.25) is 0 Å². The Morgan fingerprint density at radius 3 is 2.38 bits per heavy atom. The fourth-order valence-corrected chi connectivity index (χ4v) is 1.22. The van der Waals surface area contributed by atoms with E-state index in [1.54, 1.807) is 23.0 Å². The van der Waals surface area contributed by atoms with Crippen LogP contribution in [0.15, 0.2) is 53.9 Å². The average molecular weight is 215 g/mol. The first-order valence-corrected chi connectivity index (χ1v) is 4.67. The summed E-state index contributed by atoms with van der Waals surface area (Å²) in [5, 5.41) is 14.6. The van der Waals surface area contributed by atoms with Crippen molar-refractivity contribution >= 4 is 11.9 Å². The van der Waals surface area contributed by atoms with Gasteiger partial charge in [-0.2, -0.15) is 5.10 Å². The summed E-state index contributed by atoms with van der Waals surface area (Å²) in [4.78, 5) is 10.0. The molecule has 1 aromatic carbocycles. The summed E-state index contributed by atoms with van der Waals surface area (Å²) < 4.78 is 1.65. The molecule has 0 fully saturated rings. The van der Waals surface area contributed by atoms with Gasteiger partial charge in [-0.15, -0.1) is 0 Å². The number of non-ortho nitro benzene ring substituents is 1. The number of nitro benzene ring substituents is 1. The van der Waals surface area contributed by atoms with Crippen molar-refractivity contribution in [3.8, 4) is 0 Å². The third kappa shape index (κ3) is 2.33. The van der Waals surface area contributed by atoms with Crippen LogP contribution in [0.4, 0.5) is 5.69 Å². The molecule has 0 saturated heterocycles. The molecule has 1 heterocycles. The number of nitrogens with zero attached hydrogens (tertiary/aromatic N) is 3. The first kappa shape index (κ1) is 10.1. The van der Waals surface area contributed by atoms with Crippen molar-refractivity contribution in [1.82, 2.24) is 4.68 Å². The van der Waals surface area contributed by atoms with E-state index in [-0.39, 0.29) is 5.69 Å². The minimum Gasteiger partial charge on any atom is -0.258 e. The Kier molecular flexibility index (Phi) is 2.77. The van der Waals surface area contributed by atoms with Crippen LogP contribution in [-0.2, 0) is 0 Å². The standard InChI is InChI=1S/C11H9N3O2/c15-14(16)11-5-3-10(4-6-11)9-12-13-7-1-2-8-13/h1-9H/b12-9+. The number of aromatic nitrogens is 1. The quantitative estimate of drug-likeness (QED) is 0.448. The molecule has 0 saturated carbocycles. The first-order chi connectivity index (χ1) is 7.75. The molecule has 0 aliphatic rings. The van der Waals surface area contributed by atoms with E-state index in [0.717, 1.165) is 5.56 Å². The summed E-state index contributed by atoms with van der Waals surface area (Å²) in [7, 11) is 0. The Bertz CT molecular complexity index is 501. The van der Waals surface area contributed by atoms with Crippen molar-refractivity contribution in [1.29, 1.82) is 0 Å². The molecule has 0 N–H and O–H groups in total. The molecule has 0 bridgehead atoms. The van der Waals surface area contributed by atoms with Gasteiger partial charge in [0.25, 0.3) is 5.69 Å². The monoisotopic (exact) mass is 215 g/mol. The summed E-state index contributed by atoms with van der Waals surface area (Å²) in [5.41, 5.74) is 0.900. The van der Waals surface area contributed by atoms with Crippen molar-refractivity contribution in [2.75, 3.05) is 0 Å². The Balaban J connectivity index is 2.14. The highest BCUT2D eigenvalue weighted by Gasteiger charge is 2.02. The molecule has 5 heteroatoms. The van der Waals surface area contributed by atoms with E-state index in [4.69, 9.17) is 0 Å². The van der Waals surface area contributed by atoms with Gasteiger partial charge in [-0.05, 0) is 29.8 Å². The number of hydrogen-bond donors (Lipinski definition) is 0. The minimum absolute atomic E-state index is 0.0816. The van der Waals surface area contributed by atoms with Crippen LogP contribution >= 0.6 is 0 Å². The zero-order chi connectivity index (χ0) is 11.4. The Morgan fingerprint density at radius 2 is 1.81 bits per heavy atom. The van der Waals surface area contributed by atoms with Gasteiger partial charge in [-0.1, -0.05) is 0 Å². The summed E-state index contributed by atoms with van der Waals surface area (Å²) in [6, 6.07) is 9.96. The SMILES string of the molecule is O=[N+]([O-])c1ccc(/C=N/n2cccc2)cc1. The molecule has 2 rings (SSSR count). The van der Waals surface area contributed by atoms with Crippen molar-refractivity contribution in [2.24, 2.45) is 5.10 Å². The zero-order valence-electron chi connectivity index (χ0n) is 8.35. The summed E-state index contributed by atoms with van der Waals surface area (Å²) in [6.45, 7) is 0. The molecule has 0 radical (unpaired) electrons. The largest absolute Gasteiger partial charge is 0.269 e. The molecule has 0 aliphatic heterocycles. The van der Waals surface area contributed by atoms with Crippen LogP contribution in [0.2, 0.25) is 0 Å². The normalized spacial score (nSPS) is 10.8. The maximum Gasteiger partial charge on any atom is 0.269 e. The molecule has 5 nitrogen and oxygen atoms in total. The molecular weight excluding hydrogens is 206 g/mol. The maximum absolute atomic E-state index is 10.4. The Labute approximate surface area is 91.8 Å². The first-order valence-electron chi connectivity index (χ1n) is 4.67. The molecule has 0 atom stereocenters. The lowest BCUT2D eigenvalue weighted by molar-refractivity contribution is -0.384. The molecule has 0 aliphatic carbocycles. The van der Waals surface area contributed by atoms with Crippen molar-refractivity contribution < 1.29 is 4.92 Å². The van der Waals surface area contributed by atoms with Crippen LogP contribution in [-0.4, -0.2) is 15.8 Å². The van der Waals surface area contributed by atoms with Crippen molar-refractivity contribution in [3.05, 3.63) is 64.5 Å². The lowest BCUT2D eigenvalue weighted by Crippen LogP contribution is -1.89. The van der Waals surface area contributed by atoms with E-state index in [0.29, 0.717) is 0 Å². The van der Waals surface area contributed by atoms with E-state index in [2.05, 4.69) is 5.10 Å². The van der Waals surface area contributed by atoms with Crippen LogP contribution in [0.3, 0.4) is 0 Å². The van der Waals surface area contributed by atoms with Crippen LogP contribution in [0.5, 0.6) is 0 Å². The second-order valence-corrected chi connectivity index (χ2v) is 3.16. The van der Waals surface area contributed by atoms with Gasteiger partial charge in [-0.3, -0.25) is 10.1 Å². The lowest BCUT2D eigenvalue weighted by Gasteiger charge is -1.94. The third-order valence-corrected chi connectivity index (χ3v) is 2.03. The number of nitro groups is 1. The minimum atomic E-state index is -0.424. The van der Waals surface area contributed by atoms with Crippen molar-refractivity contribution in [2.45, 2.75) is 0 Å². The fraction of sp³-hybridized carbons (Fsp3) is 0. The number of hydrogen-bond acceptors (Lipinski definition) is 3.